The third-order valence-electron chi connectivity index (χ3n) is 3.81. The average molecular weight is 262 g/mol. The van der Waals surface area contributed by atoms with E-state index in [4.69, 9.17) is 0 Å². The third-order valence-corrected chi connectivity index (χ3v) is 3.81. The molecule has 2 heterocycles. The van der Waals surface area contributed by atoms with Gasteiger partial charge in [-0.2, -0.15) is 0 Å². The van der Waals surface area contributed by atoms with Crippen LogP contribution in [0.1, 0.15) is 38.7 Å². The molecule has 1 aliphatic heterocycles. The predicted octanol–water partition coefficient (Wildman–Crippen LogP) is 2.57. The van der Waals surface area contributed by atoms with Crippen molar-refractivity contribution in [3.05, 3.63) is 18.0 Å². The highest BCUT2D eigenvalue weighted by Gasteiger charge is 2.19. The fourth-order valence-electron chi connectivity index (χ4n) is 2.70. The van der Waals surface area contributed by atoms with Gasteiger partial charge in [-0.3, -0.25) is 0 Å². The van der Waals surface area contributed by atoms with E-state index in [9.17, 15) is 0 Å². The van der Waals surface area contributed by atoms with Crippen molar-refractivity contribution < 1.29 is 0 Å². The summed E-state index contributed by atoms with van der Waals surface area (Å²) < 4.78 is 0. The van der Waals surface area contributed by atoms with Crippen molar-refractivity contribution in [2.75, 3.05) is 31.5 Å². The Kier molecular flexibility index (Phi) is 5.58. The van der Waals surface area contributed by atoms with Crippen molar-refractivity contribution in [2.24, 2.45) is 5.92 Å². The zero-order chi connectivity index (χ0) is 13.5. The van der Waals surface area contributed by atoms with E-state index in [1.165, 1.54) is 44.5 Å². The van der Waals surface area contributed by atoms with Crippen LogP contribution in [0.3, 0.4) is 0 Å². The summed E-state index contributed by atoms with van der Waals surface area (Å²) in [6.45, 7) is 9.09. The smallest absolute Gasteiger partial charge is 0.222 e. The summed E-state index contributed by atoms with van der Waals surface area (Å²) in [6.07, 6.45) is 8.72. The number of nitrogens with one attached hydrogen (secondary N) is 1. The average Bonchev–Trinajstić information content (AvgIpc) is 2.46. The second-order valence-electron chi connectivity index (χ2n) is 5.46. The summed E-state index contributed by atoms with van der Waals surface area (Å²) in [6, 6.07) is 0. The lowest BCUT2D eigenvalue weighted by Gasteiger charge is -2.32. The summed E-state index contributed by atoms with van der Waals surface area (Å²) in [5, 5.41) is 3.38. The molecule has 1 aromatic heterocycles. The molecule has 1 unspecified atom stereocenters. The summed E-state index contributed by atoms with van der Waals surface area (Å²) in [5.74, 6) is 1.50. The standard InChI is InChI=1S/C15H26N4/c1-3-7-19-8-5-6-14(12-19)11-18-15-16-9-13(4-2)10-17-15/h9-10,14H,3-8,11-12H2,1-2H3,(H,16,17,18). The molecule has 19 heavy (non-hydrogen) atoms. The quantitative estimate of drug-likeness (QED) is 0.855. The van der Waals surface area contributed by atoms with Crippen LogP contribution in [0.15, 0.2) is 12.4 Å². The first-order valence-electron chi connectivity index (χ1n) is 7.59. The summed E-state index contributed by atoms with van der Waals surface area (Å²) >= 11 is 0. The lowest BCUT2D eigenvalue weighted by atomic mass is 9.98. The number of aryl methyl sites for hydroxylation is 1. The Morgan fingerprint density at radius 3 is 2.79 bits per heavy atom. The Bertz CT molecular complexity index is 361. The van der Waals surface area contributed by atoms with Crippen LogP contribution in [0.5, 0.6) is 0 Å². The first kappa shape index (κ1) is 14.3. The minimum Gasteiger partial charge on any atom is -0.354 e. The Labute approximate surface area is 116 Å². The van der Waals surface area contributed by atoms with Gasteiger partial charge in [0.1, 0.15) is 0 Å². The summed E-state index contributed by atoms with van der Waals surface area (Å²) in [7, 11) is 0. The zero-order valence-electron chi connectivity index (χ0n) is 12.2. The van der Waals surface area contributed by atoms with Gasteiger partial charge in [-0.15, -0.1) is 0 Å². The van der Waals surface area contributed by atoms with Crippen LogP contribution in [0.4, 0.5) is 5.95 Å². The minimum atomic E-state index is 0.731. The summed E-state index contributed by atoms with van der Waals surface area (Å²) in [4.78, 5) is 11.3. The topological polar surface area (TPSA) is 41.0 Å². The molecule has 0 amide bonds. The number of likely N-dealkylation sites (tertiary alicyclic amines) is 1. The van der Waals surface area contributed by atoms with Gasteiger partial charge in [-0.05, 0) is 50.3 Å². The second kappa shape index (κ2) is 7.43. The van der Waals surface area contributed by atoms with E-state index >= 15 is 0 Å². The highest BCUT2D eigenvalue weighted by atomic mass is 15.1. The fraction of sp³-hybridized carbons (Fsp3) is 0.733. The third kappa shape index (κ3) is 4.46. The molecule has 1 saturated heterocycles. The normalized spacial score (nSPS) is 20.4. The van der Waals surface area contributed by atoms with Gasteiger partial charge in [0.05, 0.1) is 0 Å². The van der Waals surface area contributed by atoms with E-state index in [1.807, 2.05) is 12.4 Å². The lowest BCUT2D eigenvalue weighted by molar-refractivity contribution is 0.181. The minimum absolute atomic E-state index is 0.731. The molecule has 0 spiro atoms. The molecule has 0 aromatic carbocycles. The van der Waals surface area contributed by atoms with Crippen LogP contribution in [0, 0.1) is 5.92 Å². The van der Waals surface area contributed by atoms with Crippen LogP contribution in [-0.4, -0.2) is 41.0 Å². The van der Waals surface area contributed by atoms with Crippen LogP contribution in [0.2, 0.25) is 0 Å². The van der Waals surface area contributed by atoms with E-state index in [2.05, 4.69) is 34.0 Å². The van der Waals surface area contributed by atoms with Gasteiger partial charge in [0, 0.05) is 25.5 Å². The van der Waals surface area contributed by atoms with Gasteiger partial charge in [-0.25, -0.2) is 9.97 Å². The number of hydrogen-bond donors (Lipinski definition) is 1. The number of hydrogen-bond acceptors (Lipinski definition) is 4. The maximum absolute atomic E-state index is 4.35. The molecule has 2 rings (SSSR count). The maximum atomic E-state index is 4.35. The largest absolute Gasteiger partial charge is 0.354 e. The second-order valence-corrected chi connectivity index (χ2v) is 5.46. The van der Waals surface area contributed by atoms with E-state index in [0.717, 1.165) is 24.8 Å². The van der Waals surface area contributed by atoms with Crippen molar-refractivity contribution in [3.8, 4) is 0 Å². The first-order chi connectivity index (χ1) is 9.31. The Hall–Kier alpha value is -1.16. The van der Waals surface area contributed by atoms with E-state index in [1.54, 1.807) is 0 Å². The first-order valence-corrected chi connectivity index (χ1v) is 7.59. The predicted molar refractivity (Wildman–Crippen MR) is 79.4 cm³/mol. The Morgan fingerprint density at radius 1 is 1.32 bits per heavy atom. The van der Waals surface area contributed by atoms with E-state index < -0.39 is 0 Å². The molecule has 0 aliphatic carbocycles. The van der Waals surface area contributed by atoms with Crippen molar-refractivity contribution in [3.63, 3.8) is 0 Å². The molecule has 1 fully saturated rings. The van der Waals surface area contributed by atoms with Crippen molar-refractivity contribution in [1.82, 2.24) is 14.9 Å². The van der Waals surface area contributed by atoms with Gasteiger partial charge < -0.3 is 10.2 Å². The van der Waals surface area contributed by atoms with Gasteiger partial charge >= 0.3 is 0 Å². The van der Waals surface area contributed by atoms with E-state index in [-0.39, 0.29) is 0 Å². The molecular formula is C15H26N4. The molecule has 4 heteroatoms. The van der Waals surface area contributed by atoms with Crippen molar-refractivity contribution in [1.29, 1.82) is 0 Å². The number of aromatic nitrogens is 2. The molecule has 1 aliphatic rings. The SMILES string of the molecule is CCCN1CCCC(CNc2ncc(CC)cn2)C1. The van der Waals surface area contributed by atoms with Crippen LogP contribution < -0.4 is 5.32 Å². The van der Waals surface area contributed by atoms with Gasteiger partial charge in [0.25, 0.3) is 0 Å². The lowest BCUT2D eigenvalue weighted by Crippen LogP contribution is -2.38. The molecule has 1 aromatic rings. The summed E-state index contributed by atoms with van der Waals surface area (Å²) in [5.41, 5.74) is 1.19. The molecule has 106 valence electrons. The van der Waals surface area contributed by atoms with Crippen LogP contribution >= 0.6 is 0 Å². The number of anilines is 1. The monoisotopic (exact) mass is 262 g/mol. The molecule has 4 nitrogen and oxygen atoms in total. The highest BCUT2D eigenvalue weighted by molar-refractivity contribution is 5.24. The molecule has 0 saturated carbocycles. The van der Waals surface area contributed by atoms with E-state index in [0.29, 0.717) is 0 Å². The molecule has 0 bridgehead atoms. The number of piperidine rings is 1. The Balaban J connectivity index is 1.77. The zero-order valence-corrected chi connectivity index (χ0v) is 12.2. The number of nitrogens with zero attached hydrogens (tertiary/aromatic N) is 3. The van der Waals surface area contributed by atoms with Gasteiger partial charge in [0.2, 0.25) is 5.95 Å². The van der Waals surface area contributed by atoms with Crippen molar-refractivity contribution >= 4 is 5.95 Å². The molecular weight excluding hydrogens is 236 g/mol. The number of rotatable bonds is 6. The Morgan fingerprint density at radius 2 is 2.11 bits per heavy atom. The van der Waals surface area contributed by atoms with Crippen molar-refractivity contribution in [2.45, 2.75) is 39.5 Å². The van der Waals surface area contributed by atoms with Crippen LogP contribution in [-0.2, 0) is 6.42 Å². The molecule has 1 atom stereocenters. The molecule has 0 radical (unpaired) electrons. The van der Waals surface area contributed by atoms with Gasteiger partial charge in [-0.1, -0.05) is 13.8 Å². The maximum Gasteiger partial charge on any atom is 0.222 e. The van der Waals surface area contributed by atoms with Crippen LogP contribution in [0.25, 0.3) is 0 Å². The fourth-order valence-corrected chi connectivity index (χ4v) is 2.70. The molecule has 1 N–H and O–H groups in total. The van der Waals surface area contributed by atoms with Gasteiger partial charge in [0.15, 0.2) is 0 Å². The highest BCUT2D eigenvalue weighted by Crippen LogP contribution is 2.16.